The molecule has 0 unspecified atom stereocenters. The van der Waals surface area contributed by atoms with E-state index in [0.717, 1.165) is 58.3 Å². The maximum absolute atomic E-state index is 12.0. The zero-order valence-corrected chi connectivity index (χ0v) is 20.7. The first-order valence-electron chi connectivity index (χ1n) is 10.9. The number of carbonyl (C=O) groups excluding carboxylic acids is 2. The molecule has 7 heteroatoms. The quantitative estimate of drug-likeness (QED) is 0.481. The number of benzene rings is 2. The lowest BCUT2D eigenvalue weighted by Crippen LogP contribution is -2.28. The fourth-order valence-electron chi connectivity index (χ4n) is 4.52. The van der Waals surface area contributed by atoms with E-state index in [-0.39, 0.29) is 16.6 Å². The van der Waals surface area contributed by atoms with Gasteiger partial charge in [0.15, 0.2) is 0 Å². The number of nitrogens with one attached hydrogen (secondary N) is 1. The lowest BCUT2D eigenvalue weighted by atomic mass is 9.70. The van der Waals surface area contributed by atoms with Gasteiger partial charge in [-0.15, -0.1) is 0 Å². The van der Waals surface area contributed by atoms with Gasteiger partial charge in [0.1, 0.15) is 7.11 Å². The molecule has 2 amide bonds. The third kappa shape index (κ3) is 4.42. The Morgan fingerprint density at radius 2 is 1.88 bits per heavy atom. The number of nitrogens with zero attached hydrogens (tertiary/aromatic N) is 2. The zero-order chi connectivity index (χ0) is 23.9. The van der Waals surface area contributed by atoms with Crippen molar-refractivity contribution in [3.63, 3.8) is 0 Å². The second kappa shape index (κ2) is 8.71. The van der Waals surface area contributed by atoms with E-state index < -0.39 is 0 Å². The van der Waals surface area contributed by atoms with Gasteiger partial charge in [0.25, 0.3) is 11.1 Å². The Bertz CT molecular complexity index is 1210. The minimum absolute atomic E-state index is 0.0572. The maximum atomic E-state index is 12.0. The smallest absolute Gasteiger partial charge is 0.290 e. The van der Waals surface area contributed by atoms with Crippen LogP contribution in [0.25, 0.3) is 17.2 Å². The van der Waals surface area contributed by atoms with Crippen LogP contribution in [0.5, 0.6) is 0 Å². The molecule has 0 saturated carbocycles. The van der Waals surface area contributed by atoms with Crippen LogP contribution in [0.4, 0.5) is 10.5 Å². The van der Waals surface area contributed by atoms with Crippen molar-refractivity contribution in [3.8, 4) is 11.1 Å². The summed E-state index contributed by atoms with van der Waals surface area (Å²) in [5.74, 6) is -0.351. The lowest BCUT2D eigenvalue weighted by molar-refractivity contribution is -0.115. The lowest BCUT2D eigenvalue weighted by Gasteiger charge is -2.34. The topological polar surface area (TPSA) is 71.0 Å². The second-order valence-electron chi connectivity index (χ2n) is 9.34. The summed E-state index contributed by atoms with van der Waals surface area (Å²) in [5.41, 5.74) is 8.72. The van der Waals surface area contributed by atoms with E-state index in [4.69, 9.17) is 4.84 Å². The van der Waals surface area contributed by atoms with E-state index >= 15 is 0 Å². The number of imide groups is 1. The number of hydrogen-bond acceptors (Lipinski definition) is 6. The normalized spacial score (nSPS) is 19.6. The minimum atomic E-state index is -0.351. The summed E-state index contributed by atoms with van der Waals surface area (Å²) in [4.78, 5) is 31.3. The zero-order valence-electron chi connectivity index (χ0n) is 19.9. The molecule has 0 bridgehead atoms. The number of thioether (sulfide) groups is 1. The predicted molar refractivity (Wildman–Crippen MR) is 136 cm³/mol. The largest absolute Gasteiger partial charge is 0.399 e. The molecule has 0 aromatic heterocycles. The Kier molecular flexibility index (Phi) is 6.10. The molecule has 0 spiro atoms. The van der Waals surface area contributed by atoms with Gasteiger partial charge >= 0.3 is 0 Å². The second-order valence-corrected chi connectivity index (χ2v) is 10.4. The SMILES string of the molecule is CON=C1CCC(C)(C)c2cc(C)c(-c3cc(C=C4SC(=O)NC4=O)ccc3N(C)C)cc21. The van der Waals surface area contributed by atoms with E-state index in [1.54, 1.807) is 13.2 Å². The van der Waals surface area contributed by atoms with Gasteiger partial charge in [-0.05, 0) is 83.5 Å². The Labute approximate surface area is 199 Å². The molecule has 2 aromatic rings. The summed E-state index contributed by atoms with van der Waals surface area (Å²) in [7, 11) is 5.62. The average Bonchev–Trinajstić information content (AvgIpc) is 3.06. The van der Waals surface area contributed by atoms with Gasteiger partial charge in [-0.3, -0.25) is 14.9 Å². The molecule has 1 N–H and O–H groups in total. The Morgan fingerprint density at radius 1 is 1.12 bits per heavy atom. The first-order valence-corrected chi connectivity index (χ1v) is 11.7. The summed E-state index contributed by atoms with van der Waals surface area (Å²) >= 11 is 0.929. The molecule has 1 heterocycles. The molecule has 1 fully saturated rings. The van der Waals surface area contributed by atoms with Crippen molar-refractivity contribution in [2.24, 2.45) is 5.16 Å². The van der Waals surface area contributed by atoms with Crippen LogP contribution in [0, 0.1) is 6.92 Å². The molecule has 33 heavy (non-hydrogen) atoms. The van der Waals surface area contributed by atoms with Crippen LogP contribution in [-0.4, -0.2) is 38.1 Å². The molecule has 0 radical (unpaired) electrons. The first kappa shape index (κ1) is 23.1. The monoisotopic (exact) mass is 463 g/mol. The molecule has 6 nitrogen and oxygen atoms in total. The van der Waals surface area contributed by atoms with Crippen molar-refractivity contribution < 1.29 is 14.4 Å². The fraction of sp³-hybridized carbons (Fsp3) is 0.346. The third-order valence-corrected chi connectivity index (χ3v) is 7.14. The van der Waals surface area contributed by atoms with Gasteiger partial charge in [-0.1, -0.05) is 31.1 Å². The Morgan fingerprint density at radius 3 is 2.52 bits per heavy atom. The van der Waals surface area contributed by atoms with Gasteiger partial charge in [0, 0.05) is 30.9 Å². The molecular formula is C26H29N3O3S. The van der Waals surface area contributed by atoms with Gasteiger partial charge in [0.2, 0.25) is 0 Å². The third-order valence-electron chi connectivity index (χ3n) is 6.33. The molecule has 1 aliphatic carbocycles. The van der Waals surface area contributed by atoms with E-state index in [1.165, 1.54) is 11.1 Å². The van der Waals surface area contributed by atoms with E-state index in [2.05, 4.69) is 54.3 Å². The van der Waals surface area contributed by atoms with Crippen LogP contribution >= 0.6 is 11.8 Å². The molecule has 1 saturated heterocycles. The molecule has 1 aliphatic heterocycles. The Balaban J connectivity index is 1.90. The molecule has 2 aliphatic rings. The number of aryl methyl sites for hydroxylation is 1. The first-order chi connectivity index (χ1) is 15.6. The van der Waals surface area contributed by atoms with Gasteiger partial charge in [-0.2, -0.15) is 0 Å². The Hall–Kier alpha value is -3.06. The summed E-state index contributed by atoms with van der Waals surface area (Å²) in [6, 6.07) is 10.6. The van der Waals surface area contributed by atoms with Crippen LogP contribution in [-0.2, 0) is 15.0 Å². The number of fused-ring (bicyclic) bond motifs is 1. The number of rotatable bonds is 4. The number of hydrogen-bond donors (Lipinski definition) is 1. The van der Waals surface area contributed by atoms with Crippen molar-refractivity contribution in [1.82, 2.24) is 5.32 Å². The summed E-state index contributed by atoms with van der Waals surface area (Å²) in [6.45, 7) is 6.69. The van der Waals surface area contributed by atoms with Crippen LogP contribution < -0.4 is 10.2 Å². The van der Waals surface area contributed by atoms with Crippen molar-refractivity contribution in [3.05, 3.63) is 57.5 Å². The number of oxime groups is 1. The summed E-state index contributed by atoms with van der Waals surface area (Å²) in [6.07, 6.45) is 3.65. The standard InChI is InChI=1S/C26H29N3O3S/c1-15-11-20-19(21(28-32-6)9-10-26(20,2)3)14-17(15)18-12-16(7-8-22(18)29(4)5)13-23-24(30)27-25(31)33-23/h7-8,11-14H,9-10H2,1-6H3,(H,27,30,31). The molecular weight excluding hydrogens is 434 g/mol. The molecule has 172 valence electrons. The van der Waals surface area contributed by atoms with E-state index in [0.29, 0.717) is 4.91 Å². The highest BCUT2D eigenvalue weighted by Gasteiger charge is 2.32. The van der Waals surface area contributed by atoms with Crippen LogP contribution in [0.1, 0.15) is 48.9 Å². The molecule has 0 atom stereocenters. The van der Waals surface area contributed by atoms with Crippen LogP contribution in [0.2, 0.25) is 0 Å². The van der Waals surface area contributed by atoms with E-state index in [9.17, 15) is 9.59 Å². The van der Waals surface area contributed by atoms with Crippen molar-refractivity contribution in [2.45, 2.75) is 39.0 Å². The van der Waals surface area contributed by atoms with Crippen molar-refractivity contribution in [1.29, 1.82) is 0 Å². The fourth-order valence-corrected chi connectivity index (χ4v) is 5.21. The van der Waals surface area contributed by atoms with Crippen molar-refractivity contribution in [2.75, 3.05) is 26.1 Å². The number of anilines is 1. The maximum Gasteiger partial charge on any atom is 0.290 e. The minimum Gasteiger partial charge on any atom is -0.399 e. The average molecular weight is 464 g/mol. The summed E-state index contributed by atoms with van der Waals surface area (Å²) in [5, 5.41) is 6.31. The van der Waals surface area contributed by atoms with Gasteiger partial charge in [0.05, 0.1) is 10.6 Å². The van der Waals surface area contributed by atoms with Gasteiger partial charge in [-0.25, -0.2) is 0 Å². The van der Waals surface area contributed by atoms with Gasteiger partial charge < -0.3 is 9.74 Å². The highest BCUT2D eigenvalue weighted by molar-refractivity contribution is 8.18. The molecule has 4 rings (SSSR count). The van der Waals surface area contributed by atoms with E-state index in [1.807, 2.05) is 26.2 Å². The summed E-state index contributed by atoms with van der Waals surface area (Å²) < 4.78 is 0. The van der Waals surface area contributed by atoms with Crippen LogP contribution in [0.15, 0.2) is 40.4 Å². The van der Waals surface area contributed by atoms with Crippen LogP contribution in [0.3, 0.4) is 0 Å². The molecule has 2 aromatic carbocycles. The number of carbonyl (C=O) groups is 2. The number of amides is 2. The highest BCUT2D eigenvalue weighted by Crippen LogP contribution is 2.42. The highest BCUT2D eigenvalue weighted by atomic mass is 32.2. The van der Waals surface area contributed by atoms with Crippen molar-refractivity contribution >= 4 is 40.4 Å². The predicted octanol–water partition coefficient (Wildman–Crippen LogP) is 5.47.